The number of urea groups is 1. The van der Waals surface area contributed by atoms with Crippen molar-refractivity contribution >= 4 is 17.6 Å². The maximum atomic E-state index is 13.8. The minimum Gasteiger partial charge on any atom is -0.508 e. The van der Waals surface area contributed by atoms with E-state index in [1.807, 2.05) is 6.92 Å². The number of fused-ring (bicyclic) bond motifs is 2. The van der Waals surface area contributed by atoms with Crippen molar-refractivity contribution in [2.45, 2.75) is 119 Å². The molecule has 4 saturated carbocycles. The number of hydroxylamine groups is 1. The van der Waals surface area contributed by atoms with Crippen molar-refractivity contribution in [2.75, 3.05) is 7.11 Å². The molecule has 0 unspecified atom stereocenters. The molecule has 4 fully saturated rings. The monoisotopic (exact) mass is 763 g/mol. The molecule has 0 heterocycles. The molecule has 2 aromatic carbocycles. The van der Waals surface area contributed by atoms with Crippen LogP contribution in [0.4, 0.5) is 4.79 Å². The summed E-state index contributed by atoms with van der Waals surface area (Å²) in [6.45, 7) is 17.7. The zero-order valence-electron chi connectivity index (χ0n) is 34.2. The van der Waals surface area contributed by atoms with E-state index in [9.17, 15) is 34.8 Å². The van der Waals surface area contributed by atoms with E-state index >= 15 is 0 Å². The molecule has 2 amide bonds. The van der Waals surface area contributed by atoms with Crippen LogP contribution in [-0.2, 0) is 4.84 Å². The Morgan fingerprint density at radius 2 is 1.05 bits per heavy atom. The van der Waals surface area contributed by atoms with Gasteiger partial charge < -0.3 is 31.5 Å². The van der Waals surface area contributed by atoms with Crippen LogP contribution in [0.3, 0.4) is 0 Å². The largest absolute Gasteiger partial charge is 0.508 e. The summed E-state index contributed by atoms with van der Waals surface area (Å²) in [4.78, 5) is 44.1. The maximum Gasteiger partial charge on any atom is 0.338 e. The van der Waals surface area contributed by atoms with E-state index in [4.69, 9.17) is 10.6 Å². The van der Waals surface area contributed by atoms with Crippen LogP contribution in [0.15, 0.2) is 36.4 Å². The van der Waals surface area contributed by atoms with Crippen LogP contribution in [0.1, 0.15) is 127 Å². The quantitative estimate of drug-likeness (QED) is 0.113. The topological polar surface area (TPSA) is 191 Å². The third kappa shape index (κ3) is 8.20. The molecule has 0 aromatic heterocycles. The zero-order chi connectivity index (χ0) is 40.8. The van der Waals surface area contributed by atoms with Crippen molar-refractivity contribution in [1.82, 2.24) is 10.8 Å². The predicted octanol–water partition coefficient (Wildman–Crippen LogP) is 8.09. The summed E-state index contributed by atoms with van der Waals surface area (Å²) < 4.78 is 0. The van der Waals surface area contributed by atoms with Crippen molar-refractivity contribution in [3.63, 3.8) is 0 Å². The van der Waals surface area contributed by atoms with E-state index in [1.54, 1.807) is 0 Å². The average molecular weight is 764 g/mol. The lowest BCUT2D eigenvalue weighted by atomic mass is 9.45. The first-order valence-electron chi connectivity index (χ1n) is 20.0. The number of ketones is 2. The van der Waals surface area contributed by atoms with Gasteiger partial charge in [-0.1, -0.05) is 68.2 Å². The number of nitrogens with one attached hydrogen (secondary N) is 2. The number of rotatable bonds is 6. The number of aromatic hydroxyl groups is 4. The molecule has 0 spiro atoms. The molecule has 2 aromatic rings. The molecule has 0 radical (unpaired) electrons. The van der Waals surface area contributed by atoms with E-state index in [2.05, 4.69) is 59.3 Å². The van der Waals surface area contributed by atoms with Gasteiger partial charge >= 0.3 is 6.03 Å². The molecule has 11 heteroatoms. The van der Waals surface area contributed by atoms with Crippen molar-refractivity contribution in [3.8, 4) is 23.0 Å². The maximum absolute atomic E-state index is 13.8. The highest BCUT2D eigenvalue weighted by atomic mass is 16.6. The summed E-state index contributed by atoms with van der Waals surface area (Å²) in [5, 5.41) is 42.4. The predicted molar refractivity (Wildman–Crippen MR) is 212 cm³/mol. The van der Waals surface area contributed by atoms with Crippen molar-refractivity contribution < 1.29 is 39.6 Å². The van der Waals surface area contributed by atoms with Gasteiger partial charge in [0.2, 0.25) is 0 Å². The fraction of sp³-hybridized carbons (Fsp3) is 0.659. The van der Waals surface area contributed by atoms with Crippen LogP contribution >= 0.6 is 0 Å². The molecule has 11 nitrogen and oxygen atoms in total. The van der Waals surface area contributed by atoms with Crippen LogP contribution in [-0.4, -0.2) is 57.2 Å². The second-order valence-corrected chi connectivity index (χ2v) is 19.2. The Kier molecular flexibility index (Phi) is 12.0. The number of hydrogen-bond donors (Lipinski definition) is 7. The highest BCUT2D eigenvalue weighted by molar-refractivity contribution is 6.00. The van der Waals surface area contributed by atoms with E-state index in [0.29, 0.717) is 17.0 Å². The fourth-order valence-corrected chi connectivity index (χ4v) is 12.3. The minimum absolute atomic E-state index is 0.000880. The number of benzene rings is 2. The van der Waals surface area contributed by atoms with Crippen LogP contribution < -0.4 is 16.5 Å². The van der Waals surface area contributed by atoms with Crippen LogP contribution in [0.25, 0.3) is 0 Å². The van der Waals surface area contributed by atoms with Gasteiger partial charge in [0.05, 0.1) is 7.11 Å². The smallest absolute Gasteiger partial charge is 0.338 e. The number of carbonyl (C=O) groups is 3. The summed E-state index contributed by atoms with van der Waals surface area (Å²) >= 11 is 0. The Labute approximate surface area is 326 Å². The van der Waals surface area contributed by atoms with Gasteiger partial charge in [0, 0.05) is 47.2 Å². The van der Waals surface area contributed by atoms with Gasteiger partial charge in [-0.2, -0.15) is 0 Å². The molecule has 0 saturated heterocycles. The number of amides is 2. The molecule has 304 valence electrons. The third-order valence-electron chi connectivity index (χ3n) is 14.8. The Morgan fingerprint density at radius 3 is 1.47 bits per heavy atom. The second kappa shape index (κ2) is 15.6. The van der Waals surface area contributed by atoms with Gasteiger partial charge in [0.25, 0.3) is 0 Å². The van der Waals surface area contributed by atoms with Gasteiger partial charge in [-0.05, 0) is 108 Å². The van der Waals surface area contributed by atoms with Crippen LogP contribution in [0.2, 0.25) is 0 Å². The number of carbonyl (C=O) groups excluding carboxylic acids is 3. The van der Waals surface area contributed by atoms with Crippen molar-refractivity contribution in [2.24, 2.45) is 62.9 Å². The molecule has 4 aliphatic rings. The standard InChI is InChI=1S/C23H34N2O5.C21H31NO3/c1-13-17(24-21(29)25-30-5)12-18-22(2,3)7-6-8-23(18,4)19(13)20(28)14-9-15(26)11-16(27)10-14;1-12-16(22)11-17-20(2,3)6-5-7-21(17,4)18(12)19(25)13-8-14(23)10-15(24)9-13/h9-11,13,17-19,26-27H,6-8,12H2,1-5H3,(H2,24,25,29);8-10,12,16-18,23-24H,5-7,11,22H2,1-4H3/t13-,17-,18+,19-,23+;12-,16-,17+,18-,21+/m11/s1. The Hall–Kier alpha value is -3.83. The summed E-state index contributed by atoms with van der Waals surface area (Å²) in [6.07, 6.45) is 8.12. The summed E-state index contributed by atoms with van der Waals surface area (Å²) in [5.74, 6) is -0.496. The lowest BCUT2D eigenvalue weighted by Crippen LogP contribution is -2.61. The fourth-order valence-electron chi connectivity index (χ4n) is 12.3. The van der Waals surface area contributed by atoms with Gasteiger partial charge in [-0.15, -0.1) is 0 Å². The number of Topliss-reactive ketones (excluding diaryl/α,β-unsaturated/α-hetero) is 2. The molecule has 6 rings (SSSR count). The first-order chi connectivity index (χ1) is 25.6. The lowest BCUT2D eigenvalue weighted by molar-refractivity contribution is -0.0903. The van der Waals surface area contributed by atoms with E-state index < -0.39 is 6.03 Å². The Bertz CT molecular complexity index is 1720. The summed E-state index contributed by atoms with van der Waals surface area (Å²) in [6, 6.07) is 7.59. The van der Waals surface area contributed by atoms with Crippen molar-refractivity contribution in [1.29, 1.82) is 0 Å². The third-order valence-corrected chi connectivity index (χ3v) is 14.8. The van der Waals surface area contributed by atoms with E-state index in [1.165, 1.54) is 49.9 Å². The number of hydrogen-bond acceptors (Lipinski definition) is 9. The SMILES string of the molecule is CONC(=O)N[C@@H]1C[C@H]2C(C)(C)CCC[C@]2(C)[C@@H](C(=O)c2cc(O)cc(O)c2)[C@@H]1C.C[C@@H]1[C@H](N)C[C@H]2C(C)(C)CCC[C@]2(C)[C@H]1C(=O)c1cc(O)cc(O)c1. The highest BCUT2D eigenvalue weighted by Gasteiger charge is 2.60. The number of phenolic OH excluding ortho intramolecular Hbond substituents is 4. The molecule has 0 bridgehead atoms. The minimum atomic E-state index is -0.423. The zero-order valence-corrected chi connectivity index (χ0v) is 34.2. The second-order valence-electron chi connectivity index (χ2n) is 19.2. The molecular formula is C44H65N3O8. The molecule has 55 heavy (non-hydrogen) atoms. The molecular weight excluding hydrogens is 698 g/mol. The van der Waals surface area contributed by atoms with E-state index in [0.717, 1.165) is 44.9 Å². The van der Waals surface area contributed by atoms with E-state index in [-0.39, 0.29) is 97.9 Å². The van der Waals surface area contributed by atoms with Gasteiger partial charge in [0.1, 0.15) is 23.0 Å². The Balaban J connectivity index is 0.000000214. The molecule has 8 N–H and O–H groups in total. The lowest BCUT2D eigenvalue weighted by Gasteiger charge is -2.60. The van der Waals surface area contributed by atoms with Crippen molar-refractivity contribution in [3.05, 3.63) is 47.5 Å². The van der Waals surface area contributed by atoms with Gasteiger partial charge in [-0.25, -0.2) is 10.3 Å². The average Bonchev–Trinajstić information content (AvgIpc) is 3.06. The first kappa shape index (κ1) is 42.3. The summed E-state index contributed by atoms with van der Waals surface area (Å²) in [5.41, 5.74) is 9.33. The Morgan fingerprint density at radius 1 is 0.655 bits per heavy atom. The van der Waals surface area contributed by atoms with Crippen LogP contribution in [0, 0.1) is 57.2 Å². The first-order valence-corrected chi connectivity index (χ1v) is 20.0. The number of nitrogens with two attached hydrogens (primary N) is 1. The van der Waals surface area contributed by atoms with Crippen LogP contribution in [0.5, 0.6) is 23.0 Å². The molecule has 10 atom stereocenters. The summed E-state index contributed by atoms with van der Waals surface area (Å²) in [7, 11) is 1.38. The number of phenols is 4. The van der Waals surface area contributed by atoms with Gasteiger partial charge in [0.15, 0.2) is 11.6 Å². The normalized spacial score (nSPS) is 34.8. The highest BCUT2D eigenvalue weighted by Crippen LogP contribution is 2.63. The van der Waals surface area contributed by atoms with Gasteiger partial charge in [-0.3, -0.25) is 14.4 Å². The molecule has 0 aliphatic heterocycles. The molecule has 4 aliphatic carbocycles.